The highest BCUT2D eigenvalue weighted by atomic mass is 32.2. The van der Waals surface area contributed by atoms with Crippen molar-refractivity contribution in [1.29, 1.82) is 0 Å². The molecule has 1 aliphatic heterocycles. The Labute approximate surface area is 114 Å². The van der Waals surface area contributed by atoms with E-state index in [9.17, 15) is 22.4 Å². The molecule has 0 spiro atoms. The van der Waals surface area contributed by atoms with Gasteiger partial charge in [0.2, 0.25) is 11.8 Å². The van der Waals surface area contributed by atoms with Crippen molar-refractivity contribution in [3.63, 3.8) is 0 Å². The molecule has 0 aliphatic carbocycles. The molecule has 0 radical (unpaired) electrons. The number of thiol groups is 1. The molecule has 1 aliphatic rings. The van der Waals surface area contributed by atoms with E-state index in [0.29, 0.717) is 4.90 Å². The van der Waals surface area contributed by atoms with E-state index in [0.717, 1.165) is 24.5 Å². The highest BCUT2D eigenvalue weighted by Gasteiger charge is 2.39. The number of nitrogens with zero attached hydrogens (tertiary/aromatic N) is 1. The molecule has 0 aromatic heterocycles. The number of imide groups is 1. The molecule has 0 unspecified atom stereocenters. The van der Waals surface area contributed by atoms with Gasteiger partial charge in [0.1, 0.15) is 5.82 Å². The molecule has 0 N–H and O–H groups in total. The van der Waals surface area contributed by atoms with Crippen LogP contribution >= 0.6 is 12.6 Å². The van der Waals surface area contributed by atoms with Crippen molar-refractivity contribution in [3.05, 3.63) is 24.0 Å². The second-order valence-corrected chi connectivity index (χ2v) is 6.81. The quantitative estimate of drug-likeness (QED) is 0.498. The third-order valence-corrected chi connectivity index (χ3v) is 4.22. The lowest BCUT2D eigenvalue weighted by Gasteiger charge is -2.15. The number of hydrogen-bond donors (Lipinski definition) is 1. The van der Waals surface area contributed by atoms with Gasteiger partial charge in [-0.2, -0.15) is 12.6 Å². The molecule has 5 nitrogen and oxygen atoms in total. The number of rotatable bonds is 2. The summed E-state index contributed by atoms with van der Waals surface area (Å²) < 4.78 is 36.5. The Balaban J connectivity index is 2.57. The van der Waals surface area contributed by atoms with E-state index in [4.69, 9.17) is 0 Å². The minimum Gasteiger partial charge on any atom is -0.274 e. The summed E-state index contributed by atoms with van der Waals surface area (Å²) >= 11 is 3.92. The number of benzene rings is 1. The first-order valence-electron chi connectivity index (χ1n) is 5.26. The summed E-state index contributed by atoms with van der Waals surface area (Å²) in [6, 6.07) is 2.97. The van der Waals surface area contributed by atoms with Gasteiger partial charge < -0.3 is 0 Å². The molecular formula is C11H10FNO4S2. The lowest BCUT2D eigenvalue weighted by molar-refractivity contribution is -0.121. The summed E-state index contributed by atoms with van der Waals surface area (Å²) in [5, 5.41) is -0.825. The first-order valence-corrected chi connectivity index (χ1v) is 7.67. The van der Waals surface area contributed by atoms with Gasteiger partial charge >= 0.3 is 0 Å². The van der Waals surface area contributed by atoms with Crippen LogP contribution in [0, 0.1) is 5.82 Å². The zero-order valence-corrected chi connectivity index (χ0v) is 11.5. The van der Waals surface area contributed by atoms with Gasteiger partial charge in [-0.1, -0.05) is 0 Å². The maximum absolute atomic E-state index is 13.7. The Hall–Kier alpha value is -1.41. The van der Waals surface area contributed by atoms with Crippen LogP contribution in [0.3, 0.4) is 0 Å². The first kappa shape index (κ1) is 14.0. The Morgan fingerprint density at radius 2 is 2.00 bits per heavy atom. The highest BCUT2D eigenvalue weighted by molar-refractivity contribution is 7.90. The molecule has 1 aromatic rings. The zero-order valence-electron chi connectivity index (χ0n) is 9.83. The van der Waals surface area contributed by atoms with Crippen molar-refractivity contribution >= 4 is 40.0 Å². The van der Waals surface area contributed by atoms with Gasteiger partial charge in [-0.25, -0.2) is 17.7 Å². The number of halogens is 1. The summed E-state index contributed by atoms with van der Waals surface area (Å²) in [6.07, 6.45) is 0.823. The number of sulfone groups is 1. The molecule has 1 fully saturated rings. The molecule has 2 amide bonds. The van der Waals surface area contributed by atoms with E-state index in [2.05, 4.69) is 12.6 Å². The van der Waals surface area contributed by atoms with E-state index >= 15 is 0 Å². The molecule has 0 saturated carbocycles. The third-order valence-electron chi connectivity index (χ3n) is 2.71. The molecule has 1 saturated heterocycles. The highest BCUT2D eigenvalue weighted by Crippen LogP contribution is 2.29. The Morgan fingerprint density at radius 3 is 2.47 bits per heavy atom. The number of hydrogen-bond acceptors (Lipinski definition) is 5. The largest absolute Gasteiger partial charge is 0.274 e. The molecule has 19 heavy (non-hydrogen) atoms. The van der Waals surface area contributed by atoms with E-state index in [1.165, 1.54) is 0 Å². The van der Waals surface area contributed by atoms with Crippen molar-refractivity contribution in [3.8, 4) is 0 Å². The normalized spacial score (nSPS) is 20.2. The fourth-order valence-corrected chi connectivity index (χ4v) is 2.68. The Morgan fingerprint density at radius 1 is 1.37 bits per heavy atom. The fourth-order valence-electron chi connectivity index (χ4n) is 1.76. The van der Waals surface area contributed by atoms with Gasteiger partial charge in [0.05, 0.1) is 15.8 Å². The minimum atomic E-state index is -3.56. The fraction of sp³-hybridized carbons (Fsp3) is 0.273. The van der Waals surface area contributed by atoms with Crippen LogP contribution in [-0.4, -0.2) is 31.7 Å². The average Bonchev–Trinajstić information content (AvgIpc) is 2.53. The maximum atomic E-state index is 13.7. The first-order chi connectivity index (χ1) is 8.71. The smallest absolute Gasteiger partial charge is 0.247 e. The lowest BCUT2D eigenvalue weighted by atomic mass is 10.3. The van der Waals surface area contributed by atoms with E-state index in [-0.39, 0.29) is 17.0 Å². The Kier molecular flexibility index (Phi) is 3.40. The minimum absolute atomic E-state index is 0.134. The summed E-state index contributed by atoms with van der Waals surface area (Å²) in [5.74, 6) is -2.09. The monoisotopic (exact) mass is 303 g/mol. The predicted octanol–water partition coefficient (Wildman–Crippen LogP) is 0.791. The standard InChI is InChI=1S/C11H10FNO4S2/c1-19(16,17)6-2-3-7(12)8(4-6)13-10(14)5-9(18)11(13)15/h2-4,9,18H,5H2,1H3/t9-/m1/s1. The predicted molar refractivity (Wildman–Crippen MR) is 69.4 cm³/mol. The number of carbonyl (C=O) groups is 2. The number of amides is 2. The van der Waals surface area contributed by atoms with Gasteiger partial charge in [0, 0.05) is 12.7 Å². The lowest BCUT2D eigenvalue weighted by Crippen LogP contribution is -2.31. The molecule has 2 rings (SSSR count). The SMILES string of the molecule is CS(=O)(=O)c1ccc(F)c(N2C(=O)C[C@@H](S)C2=O)c1. The molecule has 0 bridgehead atoms. The van der Waals surface area contributed by atoms with Gasteiger partial charge in [0.25, 0.3) is 0 Å². The van der Waals surface area contributed by atoms with E-state index in [1.54, 1.807) is 0 Å². The third kappa shape index (κ3) is 2.50. The van der Waals surface area contributed by atoms with Gasteiger partial charge in [0.15, 0.2) is 9.84 Å². The summed E-state index contributed by atoms with van der Waals surface area (Å²) in [4.78, 5) is 23.9. The summed E-state index contributed by atoms with van der Waals surface area (Å²) in [5.41, 5.74) is -0.352. The van der Waals surface area contributed by atoms with Crippen molar-refractivity contribution in [2.45, 2.75) is 16.6 Å². The molecule has 1 aromatic carbocycles. The van der Waals surface area contributed by atoms with Crippen molar-refractivity contribution in [2.24, 2.45) is 0 Å². The van der Waals surface area contributed by atoms with Crippen LogP contribution in [-0.2, 0) is 19.4 Å². The van der Waals surface area contributed by atoms with Crippen LogP contribution in [0.15, 0.2) is 23.1 Å². The average molecular weight is 303 g/mol. The molecule has 1 atom stereocenters. The molecular weight excluding hydrogens is 293 g/mol. The van der Waals surface area contributed by atoms with Gasteiger partial charge in [-0.15, -0.1) is 0 Å². The van der Waals surface area contributed by atoms with Crippen LogP contribution in [0.5, 0.6) is 0 Å². The van der Waals surface area contributed by atoms with Crippen molar-refractivity contribution < 1.29 is 22.4 Å². The zero-order chi connectivity index (χ0) is 14.4. The number of carbonyl (C=O) groups excluding carboxylic acids is 2. The number of anilines is 1. The van der Waals surface area contributed by atoms with Crippen molar-refractivity contribution in [1.82, 2.24) is 0 Å². The summed E-state index contributed by atoms with van der Waals surface area (Å²) in [6.45, 7) is 0. The van der Waals surface area contributed by atoms with Crippen LogP contribution in [0.4, 0.5) is 10.1 Å². The second-order valence-electron chi connectivity index (χ2n) is 4.17. The summed E-state index contributed by atoms with van der Waals surface area (Å²) in [7, 11) is -3.56. The van der Waals surface area contributed by atoms with E-state index < -0.39 is 32.7 Å². The van der Waals surface area contributed by atoms with E-state index in [1.807, 2.05) is 0 Å². The van der Waals surface area contributed by atoms with Crippen LogP contribution < -0.4 is 4.90 Å². The van der Waals surface area contributed by atoms with Crippen molar-refractivity contribution in [2.75, 3.05) is 11.2 Å². The Bertz CT molecular complexity index is 671. The van der Waals surface area contributed by atoms with Crippen LogP contribution in [0.1, 0.15) is 6.42 Å². The van der Waals surface area contributed by atoms with Crippen LogP contribution in [0.2, 0.25) is 0 Å². The topological polar surface area (TPSA) is 71.5 Å². The van der Waals surface area contributed by atoms with Gasteiger partial charge in [-0.3, -0.25) is 9.59 Å². The molecule has 8 heteroatoms. The maximum Gasteiger partial charge on any atom is 0.247 e. The molecule has 102 valence electrons. The van der Waals surface area contributed by atoms with Crippen LogP contribution in [0.25, 0.3) is 0 Å². The van der Waals surface area contributed by atoms with Gasteiger partial charge in [-0.05, 0) is 18.2 Å². The second kappa shape index (κ2) is 4.61. The molecule has 1 heterocycles.